The van der Waals surface area contributed by atoms with Crippen molar-refractivity contribution in [1.82, 2.24) is 0 Å². The van der Waals surface area contributed by atoms with Crippen LogP contribution in [0.1, 0.15) is 12.5 Å². The molecule has 0 unspecified atom stereocenters. The average molecular weight is 214 g/mol. The molecule has 0 saturated carbocycles. The summed E-state index contributed by atoms with van der Waals surface area (Å²) < 4.78 is 23.8. The fourth-order valence-electron chi connectivity index (χ4n) is 1.22. The van der Waals surface area contributed by atoms with E-state index in [9.17, 15) is 4.39 Å². The third kappa shape index (κ3) is 3.09. The number of aryl methyl sites for hydroxylation is 1. The monoisotopic (exact) mass is 214 g/mol. The molecule has 1 rings (SSSR count). The highest BCUT2D eigenvalue weighted by Crippen LogP contribution is 2.27. The van der Waals surface area contributed by atoms with Crippen LogP contribution in [0.5, 0.6) is 11.5 Å². The minimum atomic E-state index is -0.410. The second-order valence-electron chi connectivity index (χ2n) is 3.06. The van der Waals surface area contributed by atoms with Gasteiger partial charge < -0.3 is 14.6 Å². The minimum absolute atomic E-state index is 0.0753. The fraction of sp³-hybridized carbons (Fsp3) is 0.455. The molecule has 0 aliphatic rings. The first kappa shape index (κ1) is 11.8. The molecule has 0 aromatic heterocycles. The van der Waals surface area contributed by atoms with Crippen molar-refractivity contribution in [2.45, 2.75) is 13.8 Å². The van der Waals surface area contributed by atoms with Crippen molar-refractivity contribution in [2.24, 2.45) is 0 Å². The summed E-state index contributed by atoms with van der Waals surface area (Å²) in [6, 6.07) is 3.10. The van der Waals surface area contributed by atoms with E-state index in [4.69, 9.17) is 14.6 Å². The molecule has 0 amide bonds. The fourth-order valence-corrected chi connectivity index (χ4v) is 1.22. The molecule has 0 spiro atoms. The molecular formula is C11H15FO3. The van der Waals surface area contributed by atoms with Gasteiger partial charge in [-0.15, -0.1) is 0 Å². The number of hydrogen-bond donors (Lipinski definition) is 1. The largest absolute Gasteiger partial charge is 0.494 e. The maximum Gasteiger partial charge on any atom is 0.168 e. The lowest BCUT2D eigenvalue weighted by atomic mass is 10.2. The Bertz CT molecular complexity index is 326. The predicted molar refractivity (Wildman–Crippen MR) is 54.9 cm³/mol. The molecule has 0 heterocycles. The quantitative estimate of drug-likeness (QED) is 0.813. The Hall–Kier alpha value is -1.29. The van der Waals surface area contributed by atoms with Crippen molar-refractivity contribution in [1.29, 1.82) is 0 Å². The Morgan fingerprint density at radius 3 is 2.67 bits per heavy atom. The molecule has 0 aliphatic heterocycles. The van der Waals surface area contributed by atoms with Crippen LogP contribution in [0.3, 0.4) is 0 Å². The molecular weight excluding hydrogens is 199 g/mol. The van der Waals surface area contributed by atoms with Gasteiger partial charge in [-0.05, 0) is 25.5 Å². The Morgan fingerprint density at radius 1 is 1.33 bits per heavy atom. The summed E-state index contributed by atoms with van der Waals surface area (Å²) in [4.78, 5) is 0. The van der Waals surface area contributed by atoms with Gasteiger partial charge in [-0.3, -0.25) is 0 Å². The maximum absolute atomic E-state index is 13.5. The molecule has 0 radical (unpaired) electrons. The van der Waals surface area contributed by atoms with E-state index in [-0.39, 0.29) is 19.0 Å². The second-order valence-corrected chi connectivity index (χ2v) is 3.06. The highest BCUT2D eigenvalue weighted by molar-refractivity contribution is 5.39. The Labute approximate surface area is 88.4 Å². The molecule has 15 heavy (non-hydrogen) atoms. The number of halogens is 1. The van der Waals surface area contributed by atoms with Crippen molar-refractivity contribution in [3.63, 3.8) is 0 Å². The molecule has 3 nitrogen and oxygen atoms in total. The summed E-state index contributed by atoms with van der Waals surface area (Å²) in [7, 11) is 0. The number of hydrogen-bond acceptors (Lipinski definition) is 3. The smallest absolute Gasteiger partial charge is 0.168 e. The van der Waals surface area contributed by atoms with Crippen LogP contribution in [0, 0.1) is 12.7 Å². The van der Waals surface area contributed by atoms with E-state index in [1.54, 1.807) is 13.0 Å². The van der Waals surface area contributed by atoms with Crippen molar-refractivity contribution in [3.8, 4) is 11.5 Å². The zero-order chi connectivity index (χ0) is 11.3. The normalized spacial score (nSPS) is 10.1. The van der Waals surface area contributed by atoms with Gasteiger partial charge in [0, 0.05) is 6.07 Å². The van der Waals surface area contributed by atoms with Crippen LogP contribution in [0.15, 0.2) is 12.1 Å². The summed E-state index contributed by atoms with van der Waals surface area (Å²) >= 11 is 0. The van der Waals surface area contributed by atoms with E-state index < -0.39 is 5.82 Å². The maximum atomic E-state index is 13.5. The first-order valence-corrected chi connectivity index (χ1v) is 4.85. The highest BCUT2D eigenvalue weighted by Gasteiger charge is 2.09. The van der Waals surface area contributed by atoms with E-state index in [2.05, 4.69) is 0 Å². The van der Waals surface area contributed by atoms with Crippen LogP contribution in [0.2, 0.25) is 0 Å². The third-order valence-corrected chi connectivity index (χ3v) is 1.85. The summed E-state index contributed by atoms with van der Waals surface area (Å²) in [6.07, 6.45) is 0. The van der Waals surface area contributed by atoms with Gasteiger partial charge in [-0.2, -0.15) is 0 Å². The average Bonchev–Trinajstić information content (AvgIpc) is 2.21. The van der Waals surface area contributed by atoms with Gasteiger partial charge in [0.1, 0.15) is 12.4 Å². The molecule has 1 aromatic carbocycles. The molecule has 0 bridgehead atoms. The molecule has 84 valence electrons. The SMILES string of the molecule is CCOc1cc(C)c(F)c(OCCO)c1. The topological polar surface area (TPSA) is 38.7 Å². The summed E-state index contributed by atoms with van der Waals surface area (Å²) in [5.74, 6) is 0.281. The Balaban J connectivity index is 2.91. The lowest BCUT2D eigenvalue weighted by molar-refractivity contribution is 0.195. The van der Waals surface area contributed by atoms with Gasteiger partial charge in [0.05, 0.1) is 13.2 Å². The van der Waals surface area contributed by atoms with E-state index in [1.165, 1.54) is 6.07 Å². The van der Waals surface area contributed by atoms with Crippen molar-refractivity contribution in [3.05, 3.63) is 23.5 Å². The van der Waals surface area contributed by atoms with Crippen LogP contribution in [0.4, 0.5) is 4.39 Å². The number of rotatable bonds is 5. The van der Waals surface area contributed by atoms with Crippen LogP contribution < -0.4 is 9.47 Å². The van der Waals surface area contributed by atoms with E-state index >= 15 is 0 Å². The number of aliphatic hydroxyl groups is 1. The van der Waals surface area contributed by atoms with Gasteiger partial charge in [-0.1, -0.05) is 0 Å². The molecule has 1 N–H and O–H groups in total. The van der Waals surface area contributed by atoms with E-state index in [0.717, 1.165) is 0 Å². The van der Waals surface area contributed by atoms with Crippen LogP contribution in [0.25, 0.3) is 0 Å². The van der Waals surface area contributed by atoms with Crippen LogP contribution >= 0.6 is 0 Å². The van der Waals surface area contributed by atoms with Gasteiger partial charge in [0.2, 0.25) is 0 Å². The van der Waals surface area contributed by atoms with E-state index in [1.807, 2.05) is 6.92 Å². The van der Waals surface area contributed by atoms with Crippen LogP contribution in [-0.2, 0) is 0 Å². The van der Waals surface area contributed by atoms with Crippen molar-refractivity contribution >= 4 is 0 Å². The number of aliphatic hydroxyl groups excluding tert-OH is 1. The zero-order valence-electron chi connectivity index (χ0n) is 8.92. The highest BCUT2D eigenvalue weighted by atomic mass is 19.1. The Morgan fingerprint density at radius 2 is 2.07 bits per heavy atom. The summed E-state index contributed by atoms with van der Waals surface area (Å²) in [6.45, 7) is 3.95. The minimum Gasteiger partial charge on any atom is -0.494 e. The predicted octanol–water partition coefficient (Wildman–Crippen LogP) is 1.90. The Kier molecular flexibility index (Phi) is 4.37. The van der Waals surface area contributed by atoms with Crippen molar-refractivity contribution < 1.29 is 19.0 Å². The van der Waals surface area contributed by atoms with Gasteiger partial charge in [-0.25, -0.2) is 4.39 Å². The lowest BCUT2D eigenvalue weighted by Crippen LogP contribution is -2.04. The molecule has 0 saturated heterocycles. The zero-order valence-corrected chi connectivity index (χ0v) is 8.92. The molecule has 0 aliphatic carbocycles. The van der Waals surface area contributed by atoms with Crippen LogP contribution in [-0.4, -0.2) is 24.9 Å². The second kappa shape index (κ2) is 5.56. The van der Waals surface area contributed by atoms with Gasteiger partial charge in [0.15, 0.2) is 11.6 Å². The van der Waals surface area contributed by atoms with E-state index in [0.29, 0.717) is 17.9 Å². The standard InChI is InChI=1S/C11H15FO3/c1-3-14-9-6-8(2)11(12)10(7-9)15-5-4-13/h6-7,13H,3-5H2,1-2H3. The molecule has 0 atom stereocenters. The lowest BCUT2D eigenvalue weighted by Gasteiger charge is -2.10. The van der Waals surface area contributed by atoms with Gasteiger partial charge in [0.25, 0.3) is 0 Å². The third-order valence-electron chi connectivity index (χ3n) is 1.85. The first-order valence-electron chi connectivity index (χ1n) is 4.85. The molecule has 4 heteroatoms. The van der Waals surface area contributed by atoms with Crippen molar-refractivity contribution in [2.75, 3.05) is 19.8 Å². The summed E-state index contributed by atoms with van der Waals surface area (Å²) in [5, 5.41) is 8.58. The number of ether oxygens (including phenoxy) is 2. The first-order chi connectivity index (χ1) is 7.19. The number of benzene rings is 1. The molecule has 0 fully saturated rings. The molecule has 1 aromatic rings. The summed E-state index contributed by atoms with van der Waals surface area (Å²) in [5.41, 5.74) is 0.467. The van der Waals surface area contributed by atoms with Gasteiger partial charge >= 0.3 is 0 Å².